The highest BCUT2D eigenvalue weighted by molar-refractivity contribution is 6.00. The fraction of sp³-hybridized carbons (Fsp3) is 0.412. The molecule has 1 atom stereocenters. The molecule has 1 N–H and O–H groups in total. The van der Waals surface area contributed by atoms with E-state index in [0.717, 1.165) is 19.0 Å². The van der Waals surface area contributed by atoms with Gasteiger partial charge in [-0.05, 0) is 26.0 Å². The summed E-state index contributed by atoms with van der Waals surface area (Å²) in [5.74, 6) is -0.611. The van der Waals surface area contributed by atoms with Crippen molar-refractivity contribution in [2.75, 3.05) is 20.1 Å². The van der Waals surface area contributed by atoms with Crippen LogP contribution in [0.2, 0.25) is 0 Å². The maximum atomic E-state index is 13.6. The predicted molar refractivity (Wildman–Crippen MR) is 99.2 cm³/mol. The second-order valence-corrected chi connectivity index (χ2v) is 5.94. The molecule has 1 fully saturated rings. The second kappa shape index (κ2) is 8.88. The SMILES string of the molecule is CNC1CCCN(C(=O)c2cnc3ccccc3c2C(F)(F)F)C1.Cl.Cl. The van der Waals surface area contributed by atoms with Gasteiger partial charge in [0.25, 0.3) is 5.91 Å². The van der Waals surface area contributed by atoms with Crippen LogP contribution in [-0.2, 0) is 6.18 Å². The third kappa shape index (κ3) is 4.39. The summed E-state index contributed by atoms with van der Waals surface area (Å²) in [6.07, 6.45) is -1.90. The van der Waals surface area contributed by atoms with E-state index in [4.69, 9.17) is 0 Å². The van der Waals surface area contributed by atoms with Crippen molar-refractivity contribution >= 4 is 41.6 Å². The van der Waals surface area contributed by atoms with Gasteiger partial charge in [-0.25, -0.2) is 0 Å². The lowest BCUT2D eigenvalue weighted by Gasteiger charge is -2.33. The van der Waals surface area contributed by atoms with Crippen LogP contribution in [0.15, 0.2) is 30.5 Å². The van der Waals surface area contributed by atoms with E-state index < -0.39 is 17.6 Å². The Morgan fingerprint density at radius 1 is 1.27 bits per heavy atom. The first kappa shape index (κ1) is 22.5. The molecule has 144 valence electrons. The van der Waals surface area contributed by atoms with Crippen molar-refractivity contribution in [3.8, 4) is 0 Å². The summed E-state index contributed by atoms with van der Waals surface area (Å²) >= 11 is 0. The Hall–Kier alpha value is -1.57. The number of likely N-dealkylation sites (N-methyl/N-ethyl adjacent to an activating group) is 1. The van der Waals surface area contributed by atoms with Gasteiger partial charge in [0, 0.05) is 30.7 Å². The van der Waals surface area contributed by atoms with Crippen molar-refractivity contribution in [2.24, 2.45) is 0 Å². The zero-order chi connectivity index (χ0) is 17.3. The number of hydrogen-bond acceptors (Lipinski definition) is 3. The van der Waals surface area contributed by atoms with Gasteiger partial charge in [-0.15, -0.1) is 24.8 Å². The molecule has 26 heavy (non-hydrogen) atoms. The number of alkyl halides is 3. The van der Waals surface area contributed by atoms with Crippen LogP contribution in [0.3, 0.4) is 0 Å². The third-order valence-corrected chi connectivity index (χ3v) is 4.41. The average Bonchev–Trinajstić information content (AvgIpc) is 2.59. The molecule has 9 heteroatoms. The number of pyridine rings is 1. The van der Waals surface area contributed by atoms with Crippen LogP contribution in [0.4, 0.5) is 13.2 Å². The van der Waals surface area contributed by atoms with Gasteiger partial charge >= 0.3 is 6.18 Å². The van der Waals surface area contributed by atoms with Crippen LogP contribution in [0.5, 0.6) is 0 Å². The van der Waals surface area contributed by atoms with E-state index in [1.807, 2.05) is 0 Å². The number of fused-ring (bicyclic) bond motifs is 1. The van der Waals surface area contributed by atoms with Crippen LogP contribution < -0.4 is 5.32 Å². The molecule has 3 rings (SSSR count). The fourth-order valence-electron chi connectivity index (χ4n) is 3.18. The number of carbonyl (C=O) groups excluding carboxylic acids is 1. The van der Waals surface area contributed by atoms with E-state index in [-0.39, 0.29) is 47.3 Å². The van der Waals surface area contributed by atoms with Crippen molar-refractivity contribution in [3.63, 3.8) is 0 Å². The number of aromatic nitrogens is 1. The summed E-state index contributed by atoms with van der Waals surface area (Å²) in [4.78, 5) is 18.3. The van der Waals surface area contributed by atoms with E-state index in [1.165, 1.54) is 23.1 Å². The van der Waals surface area contributed by atoms with E-state index in [2.05, 4.69) is 10.3 Å². The Kier molecular flexibility index (Phi) is 7.68. The number of halogens is 5. The molecule has 2 aromatic rings. The lowest BCUT2D eigenvalue weighted by Crippen LogP contribution is -2.47. The monoisotopic (exact) mass is 409 g/mol. The number of carbonyl (C=O) groups is 1. The molecule has 0 bridgehead atoms. The smallest absolute Gasteiger partial charge is 0.337 e. The molecule has 1 aliphatic heterocycles. The highest BCUT2D eigenvalue weighted by Crippen LogP contribution is 2.37. The molecular weight excluding hydrogens is 390 g/mol. The first-order valence-electron chi connectivity index (χ1n) is 7.83. The minimum Gasteiger partial charge on any atom is -0.337 e. The molecular formula is C17H20Cl2F3N3O. The summed E-state index contributed by atoms with van der Waals surface area (Å²) in [5, 5.41) is 3.04. The molecule has 0 radical (unpaired) electrons. The topological polar surface area (TPSA) is 45.2 Å². The van der Waals surface area contributed by atoms with Crippen LogP contribution >= 0.6 is 24.8 Å². The maximum absolute atomic E-state index is 13.6. The Morgan fingerprint density at radius 3 is 2.62 bits per heavy atom. The summed E-state index contributed by atoms with van der Waals surface area (Å²) in [6.45, 7) is 0.862. The third-order valence-electron chi connectivity index (χ3n) is 4.41. The number of amides is 1. The number of piperidine rings is 1. The molecule has 2 heterocycles. The fourth-order valence-corrected chi connectivity index (χ4v) is 3.18. The van der Waals surface area contributed by atoms with Crippen molar-refractivity contribution in [2.45, 2.75) is 25.1 Å². The Balaban J connectivity index is 0.00000169. The zero-order valence-electron chi connectivity index (χ0n) is 14.0. The molecule has 0 aliphatic carbocycles. The van der Waals surface area contributed by atoms with E-state index in [0.29, 0.717) is 13.1 Å². The molecule has 1 amide bonds. The molecule has 4 nitrogen and oxygen atoms in total. The summed E-state index contributed by atoms with van der Waals surface area (Å²) in [6, 6.07) is 6.11. The minimum atomic E-state index is -4.62. The quantitative estimate of drug-likeness (QED) is 0.817. The van der Waals surface area contributed by atoms with Crippen LogP contribution in [0.25, 0.3) is 10.9 Å². The number of likely N-dealkylation sites (tertiary alicyclic amines) is 1. The highest BCUT2D eigenvalue weighted by Gasteiger charge is 2.39. The number of hydrogen-bond donors (Lipinski definition) is 1. The number of rotatable bonds is 2. The molecule has 0 saturated carbocycles. The standard InChI is InChI=1S/C17H18F3N3O.2ClH/c1-21-11-5-4-8-23(10-11)16(24)13-9-22-14-7-3-2-6-12(14)15(13)17(18,19)20;;/h2-3,6-7,9,11,21H,4-5,8,10H2,1H3;2*1H. The van der Waals surface area contributed by atoms with E-state index >= 15 is 0 Å². The highest BCUT2D eigenvalue weighted by atomic mass is 35.5. The predicted octanol–water partition coefficient (Wildman–Crippen LogP) is 3.92. The first-order chi connectivity index (χ1) is 11.4. The average molecular weight is 410 g/mol. The van der Waals surface area contributed by atoms with Crippen molar-refractivity contribution in [3.05, 3.63) is 41.6 Å². The molecule has 1 aromatic carbocycles. The molecule has 1 unspecified atom stereocenters. The number of nitrogens with zero attached hydrogens (tertiary/aromatic N) is 2. The largest absolute Gasteiger partial charge is 0.417 e. The number of benzene rings is 1. The normalized spacial score (nSPS) is 17.4. The van der Waals surface area contributed by atoms with Crippen LogP contribution in [-0.4, -0.2) is 42.0 Å². The minimum absolute atomic E-state index is 0. The van der Waals surface area contributed by atoms with Gasteiger partial charge in [0.05, 0.1) is 16.6 Å². The Labute approximate surface area is 162 Å². The summed E-state index contributed by atoms with van der Waals surface area (Å²) in [5.41, 5.74) is -1.05. The van der Waals surface area contributed by atoms with E-state index in [1.54, 1.807) is 13.1 Å². The van der Waals surface area contributed by atoms with Gasteiger partial charge in [-0.2, -0.15) is 13.2 Å². The van der Waals surface area contributed by atoms with Gasteiger partial charge in [0.15, 0.2) is 0 Å². The van der Waals surface area contributed by atoms with Gasteiger partial charge < -0.3 is 10.2 Å². The second-order valence-electron chi connectivity index (χ2n) is 5.94. The van der Waals surface area contributed by atoms with Gasteiger partial charge in [0.2, 0.25) is 0 Å². The Bertz CT molecular complexity index is 770. The van der Waals surface area contributed by atoms with Crippen LogP contribution in [0.1, 0.15) is 28.8 Å². The molecule has 1 aromatic heterocycles. The lowest BCUT2D eigenvalue weighted by molar-refractivity contribution is -0.136. The van der Waals surface area contributed by atoms with Gasteiger partial charge in [-0.1, -0.05) is 18.2 Å². The van der Waals surface area contributed by atoms with Crippen LogP contribution in [0, 0.1) is 0 Å². The van der Waals surface area contributed by atoms with E-state index in [9.17, 15) is 18.0 Å². The number of nitrogens with one attached hydrogen (secondary N) is 1. The molecule has 1 saturated heterocycles. The Morgan fingerprint density at radius 2 is 1.96 bits per heavy atom. The van der Waals surface area contributed by atoms with Gasteiger partial charge in [-0.3, -0.25) is 9.78 Å². The lowest BCUT2D eigenvalue weighted by atomic mass is 10.00. The summed E-state index contributed by atoms with van der Waals surface area (Å²) in [7, 11) is 1.79. The molecule has 1 aliphatic rings. The summed E-state index contributed by atoms with van der Waals surface area (Å²) < 4.78 is 40.9. The molecule has 0 spiro atoms. The van der Waals surface area contributed by atoms with Crippen molar-refractivity contribution in [1.29, 1.82) is 0 Å². The first-order valence-corrected chi connectivity index (χ1v) is 7.83. The maximum Gasteiger partial charge on any atom is 0.417 e. The van der Waals surface area contributed by atoms with Gasteiger partial charge in [0.1, 0.15) is 0 Å². The van der Waals surface area contributed by atoms with Crippen molar-refractivity contribution < 1.29 is 18.0 Å². The zero-order valence-corrected chi connectivity index (χ0v) is 15.7. The van der Waals surface area contributed by atoms with Crippen molar-refractivity contribution in [1.82, 2.24) is 15.2 Å². The number of para-hydroxylation sites is 1.